The van der Waals surface area contributed by atoms with Crippen LogP contribution in [-0.4, -0.2) is 33.5 Å². The first-order valence-electron chi connectivity index (χ1n) is 8.45. The van der Waals surface area contributed by atoms with Crippen molar-refractivity contribution in [1.82, 2.24) is 14.8 Å². The summed E-state index contributed by atoms with van der Waals surface area (Å²) in [5.41, 5.74) is 5.93. The first-order valence-corrected chi connectivity index (χ1v) is 9.44. The summed E-state index contributed by atoms with van der Waals surface area (Å²) in [7, 11) is 3.26. The summed E-state index contributed by atoms with van der Waals surface area (Å²) in [5.74, 6) is 0.752. The number of thioether (sulfide) groups is 1. The highest BCUT2D eigenvalue weighted by Crippen LogP contribution is 2.45. The number of amides is 1. The predicted octanol–water partition coefficient (Wildman–Crippen LogP) is 3.68. The maximum absolute atomic E-state index is 13.0. The van der Waals surface area contributed by atoms with E-state index in [4.69, 9.17) is 5.73 Å². The number of nitrogen functional groups attached to an aromatic ring is 1. The second-order valence-electron chi connectivity index (χ2n) is 6.38. The molecule has 0 atom stereocenters. The van der Waals surface area contributed by atoms with Gasteiger partial charge in [0, 0.05) is 20.0 Å². The standard InChI is InChI=1S/C17H20F3N5OS/c1-4-27-15-13(23-25(3)14(15)9-5-6-9)16(26)24(2)11-8-22-12(7-10(11)21)17(18,19)20/h7-9H,4-6H2,1-3H3,(H2,21,22). The Labute approximate surface area is 158 Å². The van der Waals surface area contributed by atoms with Crippen molar-refractivity contribution in [3.8, 4) is 0 Å². The van der Waals surface area contributed by atoms with Crippen molar-refractivity contribution in [2.24, 2.45) is 7.05 Å². The Balaban J connectivity index is 1.95. The normalized spacial score (nSPS) is 14.4. The molecule has 1 aliphatic carbocycles. The number of halogens is 3. The predicted molar refractivity (Wildman–Crippen MR) is 98.0 cm³/mol. The van der Waals surface area contributed by atoms with E-state index in [2.05, 4.69) is 10.1 Å². The summed E-state index contributed by atoms with van der Waals surface area (Å²) in [5, 5.41) is 4.39. The number of rotatable bonds is 5. The fourth-order valence-electron chi connectivity index (χ4n) is 2.92. The summed E-state index contributed by atoms with van der Waals surface area (Å²) < 4.78 is 40.1. The second kappa shape index (κ2) is 7.06. The minimum absolute atomic E-state index is 0.110. The Bertz CT molecular complexity index is 876. The van der Waals surface area contributed by atoms with Crippen molar-refractivity contribution in [2.45, 2.75) is 36.8 Å². The van der Waals surface area contributed by atoms with Crippen molar-refractivity contribution < 1.29 is 18.0 Å². The molecule has 2 N–H and O–H groups in total. The lowest BCUT2D eigenvalue weighted by Gasteiger charge is -2.19. The highest BCUT2D eigenvalue weighted by molar-refractivity contribution is 7.99. The Morgan fingerprint density at radius 1 is 1.44 bits per heavy atom. The molecule has 2 heterocycles. The molecule has 3 rings (SSSR count). The Kier molecular flexibility index (Phi) is 5.11. The largest absolute Gasteiger partial charge is 0.433 e. The molecule has 0 radical (unpaired) electrons. The van der Waals surface area contributed by atoms with Gasteiger partial charge < -0.3 is 10.6 Å². The number of pyridine rings is 1. The van der Waals surface area contributed by atoms with Crippen LogP contribution in [0.5, 0.6) is 0 Å². The minimum atomic E-state index is -4.60. The number of hydrogen-bond donors (Lipinski definition) is 1. The van der Waals surface area contributed by atoms with Crippen LogP contribution < -0.4 is 10.6 Å². The van der Waals surface area contributed by atoms with Gasteiger partial charge in [-0.3, -0.25) is 9.48 Å². The molecular formula is C17H20F3N5OS. The van der Waals surface area contributed by atoms with Crippen LogP contribution in [0.25, 0.3) is 0 Å². The zero-order valence-electron chi connectivity index (χ0n) is 15.2. The number of carbonyl (C=O) groups is 1. The van der Waals surface area contributed by atoms with Crippen LogP contribution in [0.4, 0.5) is 24.5 Å². The second-order valence-corrected chi connectivity index (χ2v) is 7.66. The van der Waals surface area contributed by atoms with Gasteiger partial charge in [0.2, 0.25) is 0 Å². The van der Waals surface area contributed by atoms with Gasteiger partial charge in [-0.2, -0.15) is 18.3 Å². The number of nitrogens with zero attached hydrogens (tertiary/aromatic N) is 4. The molecule has 1 aliphatic rings. The number of anilines is 2. The van der Waals surface area contributed by atoms with Crippen LogP contribution in [0.1, 0.15) is 47.6 Å². The monoisotopic (exact) mass is 399 g/mol. The van der Waals surface area contributed by atoms with Crippen LogP contribution in [0, 0.1) is 0 Å². The highest BCUT2D eigenvalue weighted by Gasteiger charge is 2.35. The van der Waals surface area contributed by atoms with Gasteiger partial charge in [0.05, 0.1) is 28.2 Å². The van der Waals surface area contributed by atoms with Crippen molar-refractivity contribution >= 4 is 29.0 Å². The summed E-state index contributed by atoms with van der Waals surface area (Å²) in [6.45, 7) is 1.99. The molecule has 10 heteroatoms. The highest BCUT2D eigenvalue weighted by atomic mass is 32.2. The molecule has 146 valence electrons. The van der Waals surface area contributed by atoms with Crippen molar-refractivity contribution in [3.05, 3.63) is 29.3 Å². The van der Waals surface area contributed by atoms with E-state index in [0.29, 0.717) is 5.92 Å². The first kappa shape index (κ1) is 19.5. The molecule has 0 saturated heterocycles. The summed E-state index contributed by atoms with van der Waals surface area (Å²) in [6, 6.07) is 0.731. The average molecular weight is 399 g/mol. The van der Waals surface area contributed by atoms with E-state index < -0.39 is 17.8 Å². The SMILES string of the molecule is CCSc1c(C(=O)N(C)c2cnc(C(F)(F)F)cc2N)nn(C)c1C1CC1. The zero-order chi connectivity index (χ0) is 19.9. The van der Waals surface area contributed by atoms with Gasteiger partial charge in [-0.25, -0.2) is 4.98 Å². The third-order valence-corrected chi connectivity index (χ3v) is 5.35. The number of alkyl halides is 3. The molecule has 1 amide bonds. The van der Waals surface area contributed by atoms with Gasteiger partial charge in [-0.15, -0.1) is 11.8 Å². The zero-order valence-corrected chi connectivity index (χ0v) is 16.0. The van der Waals surface area contributed by atoms with Crippen molar-refractivity contribution in [3.63, 3.8) is 0 Å². The van der Waals surface area contributed by atoms with Gasteiger partial charge in [-0.05, 0) is 24.7 Å². The van der Waals surface area contributed by atoms with E-state index in [-0.39, 0.29) is 17.1 Å². The van der Waals surface area contributed by atoms with Crippen LogP contribution in [0.2, 0.25) is 0 Å². The van der Waals surface area contributed by atoms with Gasteiger partial charge in [0.25, 0.3) is 5.91 Å². The fourth-order valence-corrected chi connectivity index (χ4v) is 3.92. The van der Waals surface area contributed by atoms with E-state index in [1.54, 1.807) is 23.5 Å². The average Bonchev–Trinajstić information content (AvgIpc) is 3.37. The van der Waals surface area contributed by atoms with Gasteiger partial charge in [0.15, 0.2) is 5.69 Å². The third-order valence-electron chi connectivity index (χ3n) is 4.37. The Hall–Kier alpha value is -2.23. The third kappa shape index (κ3) is 3.76. The summed E-state index contributed by atoms with van der Waals surface area (Å²) >= 11 is 1.54. The van der Waals surface area contributed by atoms with E-state index >= 15 is 0 Å². The number of carbonyl (C=O) groups excluding carboxylic acids is 1. The molecule has 1 fully saturated rings. The van der Waals surface area contributed by atoms with Crippen LogP contribution in [0.15, 0.2) is 17.2 Å². The lowest BCUT2D eigenvalue weighted by atomic mass is 10.2. The molecule has 27 heavy (non-hydrogen) atoms. The molecule has 0 bridgehead atoms. The number of nitrogens with two attached hydrogens (primary N) is 1. The molecule has 0 unspecified atom stereocenters. The van der Waals surface area contributed by atoms with Crippen LogP contribution >= 0.6 is 11.8 Å². The molecule has 1 saturated carbocycles. The molecule has 0 aromatic carbocycles. The van der Waals surface area contributed by atoms with Crippen molar-refractivity contribution in [2.75, 3.05) is 23.4 Å². The minimum Gasteiger partial charge on any atom is -0.397 e. The summed E-state index contributed by atoms with van der Waals surface area (Å²) in [6.07, 6.45) is -1.50. The number of aryl methyl sites for hydroxylation is 1. The maximum atomic E-state index is 13.0. The smallest absolute Gasteiger partial charge is 0.397 e. The molecule has 2 aromatic heterocycles. The number of hydrogen-bond acceptors (Lipinski definition) is 5. The van der Waals surface area contributed by atoms with Crippen LogP contribution in [0.3, 0.4) is 0 Å². The van der Waals surface area contributed by atoms with Gasteiger partial charge >= 0.3 is 6.18 Å². The van der Waals surface area contributed by atoms with Crippen molar-refractivity contribution in [1.29, 1.82) is 0 Å². The lowest BCUT2D eigenvalue weighted by Crippen LogP contribution is -2.28. The van der Waals surface area contributed by atoms with E-state index in [9.17, 15) is 18.0 Å². The van der Waals surface area contributed by atoms with Crippen LogP contribution in [-0.2, 0) is 13.2 Å². The Morgan fingerprint density at radius 3 is 2.63 bits per heavy atom. The van der Waals surface area contributed by atoms with E-state index in [1.807, 2.05) is 6.92 Å². The maximum Gasteiger partial charge on any atom is 0.433 e. The fraction of sp³-hybridized carbons (Fsp3) is 0.471. The number of aromatic nitrogens is 3. The molecular weight excluding hydrogens is 379 g/mol. The summed E-state index contributed by atoms with van der Waals surface area (Å²) in [4.78, 5) is 18.4. The van der Waals surface area contributed by atoms with E-state index in [0.717, 1.165) is 41.4 Å². The topological polar surface area (TPSA) is 77.0 Å². The molecule has 0 aliphatic heterocycles. The quantitative estimate of drug-likeness (QED) is 0.776. The molecule has 2 aromatic rings. The first-order chi connectivity index (χ1) is 12.6. The lowest BCUT2D eigenvalue weighted by molar-refractivity contribution is -0.141. The molecule has 0 spiro atoms. The van der Waals surface area contributed by atoms with Gasteiger partial charge in [0.1, 0.15) is 5.69 Å². The van der Waals surface area contributed by atoms with Gasteiger partial charge in [-0.1, -0.05) is 6.92 Å². The molecule has 6 nitrogen and oxygen atoms in total. The Morgan fingerprint density at radius 2 is 2.11 bits per heavy atom. The van der Waals surface area contributed by atoms with E-state index in [1.165, 1.54) is 11.9 Å².